The van der Waals surface area contributed by atoms with Gasteiger partial charge in [0.25, 0.3) is 0 Å². The first kappa shape index (κ1) is 11.6. The van der Waals surface area contributed by atoms with Crippen molar-refractivity contribution in [3.8, 4) is 0 Å². The van der Waals surface area contributed by atoms with Crippen molar-refractivity contribution in [2.75, 3.05) is 0 Å². The van der Waals surface area contributed by atoms with Crippen LogP contribution in [0, 0.1) is 0 Å². The minimum Gasteiger partial charge on any atom is -0.370 e. The van der Waals surface area contributed by atoms with Crippen LogP contribution in [-0.2, 0) is 18.4 Å². The molecule has 0 aromatic carbocycles. The van der Waals surface area contributed by atoms with E-state index in [9.17, 15) is 4.79 Å². The largest absolute Gasteiger partial charge is 0.370 e. The third-order valence-electron chi connectivity index (χ3n) is 2.01. The molecule has 6 nitrogen and oxygen atoms in total. The van der Waals surface area contributed by atoms with Crippen LogP contribution in [0.25, 0.3) is 0 Å². The molecule has 3 N–H and O–H groups in total. The number of nitrogens with zero attached hydrogens (tertiary/aromatic N) is 3. The van der Waals surface area contributed by atoms with Crippen molar-refractivity contribution >= 4 is 5.91 Å². The third kappa shape index (κ3) is 4.07. The van der Waals surface area contributed by atoms with Crippen molar-refractivity contribution < 1.29 is 4.79 Å². The van der Waals surface area contributed by atoms with Gasteiger partial charge in [0.1, 0.15) is 0 Å². The van der Waals surface area contributed by atoms with Crippen molar-refractivity contribution in [1.82, 2.24) is 20.3 Å². The average Bonchev–Trinajstić information content (AvgIpc) is 2.46. The van der Waals surface area contributed by atoms with Crippen molar-refractivity contribution in [3.05, 3.63) is 11.9 Å². The highest BCUT2D eigenvalue weighted by molar-refractivity contribution is 5.74. The average molecular weight is 211 g/mol. The van der Waals surface area contributed by atoms with E-state index in [1.165, 1.54) is 0 Å². The van der Waals surface area contributed by atoms with E-state index in [-0.39, 0.29) is 11.4 Å². The minimum absolute atomic E-state index is 0.299. The Balaban J connectivity index is 2.45. The number of carbonyl (C=O) groups is 1. The van der Waals surface area contributed by atoms with Gasteiger partial charge >= 0.3 is 0 Å². The second kappa shape index (κ2) is 4.39. The van der Waals surface area contributed by atoms with Crippen LogP contribution in [0.1, 0.15) is 26.0 Å². The lowest BCUT2D eigenvalue weighted by molar-refractivity contribution is -0.119. The summed E-state index contributed by atoms with van der Waals surface area (Å²) in [6, 6.07) is 0. The topological polar surface area (TPSA) is 85.8 Å². The van der Waals surface area contributed by atoms with Gasteiger partial charge in [0.05, 0.1) is 5.69 Å². The summed E-state index contributed by atoms with van der Waals surface area (Å²) in [6.07, 6.45) is 2.13. The molecule has 1 aromatic heterocycles. The fourth-order valence-electron chi connectivity index (χ4n) is 1.30. The fraction of sp³-hybridized carbons (Fsp3) is 0.667. The molecular formula is C9H17N5O. The number of hydrogen-bond donors (Lipinski definition) is 2. The molecule has 1 aromatic rings. The molecule has 0 unspecified atom stereocenters. The lowest BCUT2D eigenvalue weighted by Gasteiger charge is -2.24. The van der Waals surface area contributed by atoms with Crippen LogP contribution in [0.5, 0.6) is 0 Å². The standard InChI is InChI=1S/C9H17N5O/c1-9(2,4-8(10)15)11-5-7-6-14(3)13-12-7/h6,11H,4-5H2,1-3H3,(H2,10,15). The van der Waals surface area contributed by atoms with Gasteiger partial charge < -0.3 is 11.1 Å². The molecule has 0 fully saturated rings. The monoisotopic (exact) mass is 211 g/mol. The van der Waals surface area contributed by atoms with Gasteiger partial charge in [-0.25, -0.2) is 0 Å². The molecule has 0 saturated heterocycles. The summed E-state index contributed by atoms with van der Waals surface area (Å²) in [5.41, 5.74) is 5.67. The quantitative estimate of drug-likeness (QED) is 0.691. The van der Waals surface area contributed by atoms with Crippen LogP contribution < -0.4 is 11.1 Å². The molecule has 0 aliphatic rings. The number of aryl methyl sites for hydroxylation is 1. The van der Waals surface area contributed by atoms with Gasteiger partial charge in [0, 0.05) is 31.7 Å². The van der Waals surface area contributed by atoms with Gasteiger partial charge in [-0.15, -0.1) is 5.10 Å². The van der Waals surface area contributed by atoms with Crippen molar-refractivity contribution in [1.29, 1.82) is 0 Å². The smallest absolute Gasteiger partial charge is 0.219 e. The Morgan fingerprint density at radius 3 is 2.80 bits per heavy atom. The first-order valence-electron chi connectivity index (χ1n) is 4.77. The van der Waals surface area contributed by atoms with Crippen LogP contribution in [0.15, 0.2) is 6.20 Å². The van der Waals surface area contributed by atoms with E-state index >= 15 is 0 Å². The minimum atomic E-state index is -0.316. The number of nitrogens with one attached hydrogen (secondary N) is 1. The van der Waals surface area contributed by atoms with E-state index in [4.69, 9.17) is 5.73 Å². The van der Waals surface area contributed by atoms with Gasteiger partial charge in [-0.05, 0) is 13.8 Å². The number of rotatable bonds is 5. The Bertz CT molecular complexity index is 344. The molecule has 0 spiro atoms. The molecule has 0 radical (unpaired) electrons. The van der Waals surface area contributed by atoms with Gasteiger partial charge in [0.2, 0.25) is 5.91 Å². The Kier molecular flexibility index (Phi) is 3.41. The molecule has 0 bridgehead atoms. The van der Waals surface area contributed by atoms with Crippen LogP contribution in [0.3, 0.4) is 0 Å². The zero-order chi connectivity index (χ0) is 11.5. The fourth-order valence-corrected chi connectivity index (χ4v) is 1.30. The highest BCUT2D eigenvalue weighted by Crippen LogP contribution is 2.08. The lowest BCUT2D eigenvalue weighted by Crippen LogP contribution is -2.42. The zero-order valence-corrected chi connectivity index (χ0v) is 9.32. The Morgan fingerprint density at radius 1 is 1.67 bits per heavy atom. The highest BCUT2D eigenvalue weighted by Gasteiger charge is 2.19. The molecule has 0 saturated carbocycles. The van der Waals surface area contributed by atoms with E-state index in [1.54, 1.807) is 4.68 Å². The van der Waals surface area contributed by atoms with Crippen LogP contribution in [0.2, 0.25) is 0 Å². The highest BCUT2D eigenvalue weighted by atomic mass is 16.1. The van der Waals surface area contributed by atoms with Crippen molar-refractivity contribution in [2.45, 2.75) is 32.4 Å². The Labute approximate surface area is 88.8 Å². The normalized spacial score (nSPS) is 11.7. The number of amides is 1. The number of carbonyl (C=O) groups excluding carboxylic acids is 1. The lowest BCUT2D eigenvalue weighted by atomic mass is 10.0. The van der Waals surface area contributed by atoms with Crippen LogP contribution >= 0.6 is 0 Å². The van der Waals surface area contributed by atoms with E-state index < -0.39 is 0 Å². The van der Waals surface area contributed by atoms with Crippen molar-refractivity contribution in [2.24, 2.45) is 12.8 Å². The number of nitrogens with two attached hydrogens (primary N) is 1. The maximum absolute atomic E-state index is 10.8. The Hall–Kier alpha value is -1.43. The summed E-state index contributed by atoms with van der Waals surface area (Å²) in [4.78, 5) is 10.8. The summed E-state index contributed by atoms with van der Waals surface area (Å²) < 4.78 is 1.64. The molecule has 1 amide bonds. The molecular weight excluding hydrogens is 194 g/mol. The summed E-state index contributed by atoms with van der Waals surface area (Å²) in [7, 11) is 1.81. The molecule has 1 rings (SSSR count). The van der Waals surface area contributed by atoms with Crippen LogP contribution in [-0.4, -0.2) is 26.4 Å². The predicted octanol–water partition coefficient (Wildman–Crippen LogP) is -0.441. The van der Waals surface area contributed by atoms with E-state index in [2.05, 4.69) is 15.6 Å². The van der Waals surface area contributed by atoms with E-state index in [0.29, 0.717) is 13.0 Å². The molecule has 1 heterocycles. The number of hydrogen-bond acceptors (Lipinski definition) is 4. The summed E-state index contributed by atoms with van der Waals surface area (Å²) >= 11 is 0. The third-order valence-corrected chi connectivity index (χ3v) is 2.01. The van der Waals surface area contributed by atoms with Gasteiger partial charge in [-0.1, -0.05) is 5.21 Å². The van der Waals surface area contributed by atoms with Gasteiger partial charge in [-0.2, -0.15) is 0 Å². The molecule has 0 atom stereocenters. The predicted molar refractivity (Wildman–Crippen MR) is 55.7 cm³/mol. The van der Waals surface area contributed by atoms with Gasteiger partial charge in [0.15, 0.2) is 0 Å². The number of aromatic nitrogens is 3. The maximum atomic E-state index is 10.8. The molecule has 0 aliphatic heterocycles. The summed E-state index contributed by atoms with van der Waals surface area (Å²) in [6.45, 7) is 4.43. The van der Waals surface area contributed by atoms with E-state index in [0.717, 1.165) is 5.69 Å². The Morgan fingerprint density at radius 2 is 2.33 bits per heavy atom. The van der Waals surface area contributed by atoms with Gasteiger partial charge in [-0.3, -0.25) is 9.48 Å². The summed E-state index contributed by atoms with van der Waals surface area (Å²) in [5, 5.41) is 10.9. The molecule has 6 heteroatoms. The van der Waals surface area contributed by atoms with Crippen LogP contribution in [0.4, 0.5) is 0 Å². The SMILES string of the molecule is Cn1cc(CNC(C)(C)CC(N)=O)nn1. The first-order valence-corrected chi connectivity index (χ1v) is 4.77. The summed E-state index contributed by atoms with van der Waals surface area (Å²) in [5.74, 6) is -0.313. The second-order valence-corrected chi connectivity index (χ2v) is 4.26. The first-order chi connectivity index (χ1) is 6.89. The molecule has 84 valence electrons. The second-order valence-electron chi connectivity index (χ2n) is 4.26. The zero-order valence-electron chi connectivity index (χ0n) is 9.32. The molecule has 0 aliphatic carbocycles. The van der Waals surface area contributed by atoms with Crippen molar-refractivity contribution in [3.63, 3.8) is 0 Å². The number of primary amides is 1. The maximum Gasteiger partial charge on any atom is 0.219 e. The van der Waals surface area contributed by atoms with E-state index in [1.807, 2.05) is 27.1 Å². The molecule has 15 heavy (non-hydrogen) atoms.